The molecule has 5 aromatic rings. The number of pyridine rings is 1. The van der Waals surface area contributed by atoms with Crippen molar-refractivity contribution in [1.82, 2.24) is 20.1 Å². The van der Waals surface area contributed by atoms with E-state index >= 15 is 0 Å². The molecule has 0 amide bonds. The molecule has 3 heterocycles. The highest BCUT2D eigenvalue weighted by molar-refractivity contribution is 6.30. The first-order valence-electron chi connectivity index (χ1n) is 11.6. The van der Waals surface area contributed by atoms with Gasteiger partial charge in [0.05, 0.1) is 11.2 Å². The summed E-state index contributed by atoms with van der Waals surface area (Å²) in [5, 5.41) is 8.93. The number of carbonyl (C=O) groups is 1. The van der Waals surface area contributed by atoms with Gasteiger partial charge < -0.3 is 9.84 Å². The molecule has 0 bridgehead atoms. The number of hydrogen-bond acceptors (Lipinski definition) is 7. The average molecular weight is 498 g/mol. The predicted molar refractivity (Wildman–Crippen MR) is 140 cm³/mol. The van der Waals surface area contributed by atoms with Gasteiger partial charge in [-0.05, 0) is 67.3 Å². The maximum absolute atomic E-state index is 13.1. The Morgan fingerprint density at radius 2 is 1.89 bits per heavy atom. The number of anilines is 1. The van der Waals surface area contributed by atoms with Crippen LogP contribution >= 0.6 is 11.6 Å². The molecule has 180 valence electrons. The lowest BCUT2D eigenvalue weighted by atomic mass is 10.0. The summed E-state index contributed by atoms with van der Waals surface area (Å²) in [5.41, 5.74) is 5.37. The zero-order chi connectivity index (χ0) is 25.1. The number of carbonyl (C=O) groups excluding carboxylic acids is 1. The molecule has 2 aromatic carbocycles. The lowest BCUT2D eigenvalue weighted by molar-refractivity contribution is 0.0973. The quantitative estimate of drug-likeness (QED) is 0.248. The maximum atomic E-state index is 13.1. The fourth-order valence-corrected chi connectivity index (χ4v) is 4.40. The van der Waals surface area contributed by atoms with Crippen LogP contribution in [0.1, 0.15) is 39.6 Å². The summed E-state index contributed by atoms with van der Waals surface area (Å²) >= 11 is 6.16. The van der Waals surface area contributed by atoms with Crippen LogP contribution < -0.4 is 5.32 Å². The van der Waals surface area contributed by atoms with E-state index < -0.39 is 0 Å². The van der Waals surface area contributed by atoms with Crippen molar-refractivity contribution in [3.63, 3.8) is 0 Å². The van der Waals surface area contributed by atoms with E-state index in [1.54, 1.807) is 12.4 Å². The van der Waals surface area contributed by atoms with Gasteiger partial charge in [0.2, 0.25) is 0 Å². The van der Waals surface area contributed by atoms with Crippen molar-refractivity contribution in [1.29, 1.82) is 0 Å². The number of nitrogens with one attached hydrogen (secondary N) is 1. The summed E-state index contributed by atoms with van der Waals surface area (Å²) in [6.07, 6.45) is 4.35. The summed E-state index contributed by atoms with van der Waals surface area (Å²) in [6.45, 7) is 4.29. The zero-order valence-corrected chi connectivity index (χ0v) is 20.7. The SMILES string of the molecule is Cc1noc(C)c1-c1ccc2nc(C(=O)CCc3cccnc3)nc(NCc3cccc(Cl)c3)c2c1. The van der Waals surface area contributed by atoms with Gasteiger partial charge in [-0.1, -0.05) is 41.0 Å². The molecule has 0 unspecified atom stereocenters. The highest BCUT2D eigenvalue weighted by Gasteiger charge is 2.17. The van der Waals surface area contributed by atoms with Crippen LogP contribution in [0.5, 0.6) is 0 Å². The fourth-order valence-electron chi connectivity index (χ4n) is 4.19. The van der Waals surface area contributed by atoms with Gasteiger partial charge >= 0.3 is 0 Å². The standard InChI is InChI=1S/C28H24ClN5O2/c1-17-26(18(2)36-34-17)21-9-10-24-23(14-21)27(31-16-20-5-3-7-22(29)13-20)33-28(32-24)25(35)11-8-19-6-4-12-30-15-19/h3-7,9-10,12-15H,8,11,16H2,1-2H3,(H,31,32,33). The zero-order valence-electron chi connectivity index (χ0n) is 20.0. The van der Waals surface area contributed by atoms with E-state index in [1.165, 1.54) is 0 Å². The molecule has 0 aliphatic heterocycles. The number of fused-ring (bicyclic) bond motifs is 1. The molecule has 0 fully saturated rings. The number of aryl methyl sites for hydroxylation is 3. The van der Waals surface area contributed by atoms with Crippen molar-refractivity contribution in [2.45, 2.75) is 33.2 Å². The number of aromatic nitrogens is 4. The smallest absolute Gasteiger partial charge is 0.200 e. The van der Waals surface area contributed by atoms with E-state index in [0.29, 0.717) is 35.7 Å². The van der Waals surface area contributed by atoms with Gasteiger partial charge in [0.1, 0.15) is 11.6 Å². The number of benzene rings is 2. The Morgan fingerprint density at radius 1 is 1.03 bits per heavy atom. The molecule has 3 aromatic heterocycles. The summed E-state index contributed by atoms with van der Waals surface area (Å²) in [6, 6.07) is 17.3. The highest BCUT2D eigenvalue weighted by atomic mass is 35.5. The van der Waals surface area contributed by atoms with E-state index in [0.717, 1.165) is 39.1 Å². The second-order valence-corrected chi connectivity index (χ2v) is 9.03. The third kappa shape index (κ3) is 5.11. The second kappa shape index (κ2) is 10.3. The third-order valence-corrected chi connectivity index (χ3v) is 6.21. The number of rotatable bonds is 8. The Bertz CT molecular complexity index is 1530. The minimum absolute atomic E-state index is 0.124. The topological polar surface area (TPSA) is 93.8 Å². The van der Waals surface area contributed by atoms with Crippen LogP contribution in [0, 0.1) is 13.8 Å². The molecule has 36 heavy (non-hydrogen) atoms. The van der Waals surface area contributed by atoms with E-state index in [9.17, 15) is 4.79 Å². The van der Waals surface area contributed by atoms with Crippen molar-refractivity contribution < 1.29 is 9.32 Å². The van der Waals surface area contributed by atoms with Gasteiger partial charge in [0, 0.05) is 41.3 Å². The van der Waals surface area contributed by atoms with Crippen molar-refractivity contribution in [3.8, 4) is 11.1 Å². The van der Waals surface area contributed by atoms with Crippen LogP contribution in [0.2, 0.25) is 5.02 Å². The van der Waals surface area contributed by atoms with Crippen LogP contribution in [0.3, 0.4) is 0 Å². The van der Waals surface area contributed by atoms with Crippen molar-refractivity contribution in [3.05, 3.63) is 100 Å². The average Bonchev–Trinajstić information content (AvgIpc) is 3.23. The molecule has 0 aliphatic rings. The van der Waals surface area contributed by atoms with Crippen LogP contribution in [0.15, 0.2) is 71.5 Å². The Labute approximate surface area is 213 Å². The Morgan fingerprint density at radius 3 is 2.64 bits per heavy atom. The number of nitrogens with zero attached hydrogens (tertiary/aromatic N) is 4. The van der Waals surface area contributed by atoms with Crippen LogP contribution in [0.25, 0.3) is 22.0 Å². The normalized spacial score (nSPS) is 11.1. The maximum Gasteiger partial charge on any atom is 0.200 e. The molecule has 8 heteroatoms. The first kappa shape index (κ1) is 23.6. The summed E-state index contributed by atoms with van der Waals surface area (Å²) in [7, 11) is 0. The Hall–Kier alpha value is -4.10. The number of Topliss-reactive ketones (excluding diaryl/α,β-unsaturated/α-hetero) is 1. The molecule has 0 saturated heterocycles. The van der Waals surface area contributed by atoms with Crippen molar-refractivity contribution in [2.24, 2.45) is 0 Å². The van der Waals surface area contributed by atoms with Crippen LogP contribution in [0.4, 0.5) is 5.82 Å². The molecule has 0 radical (unpaired) electrons. The molecule has 5 rings (SSSR count). The van der Waals surface area contributed by atoms with Gasteiger partial charge in [-0.3, -0.25) is 9.78 Å². The van der Waals surface area contributed by atoms with Gasteiger partial charge in [0.25, 0.3) is 0 Å². The van der Waals surface area contributed by atoms with E-state index in [1.807, 2.05) is 68.4 Å². The van der Waals surface area contributed by atoms with E-state index in [2.05, 4.69) is 25.4 Å². The van der Waals surface area contributed by atoms with Crippen LogP contribution in [-0.2, 0) is 13.0 Å². The molecule has 0 aliphatic carbocycles. The summed E-state index contributed by atoms with van der Waals surface area (Å²) in [4.78, 5) is 26.4. The van der Waals surface area contributed by atoms with Crippen molar-refractivity contribution >= 4 is 34.1 Å². The van der Waals surface area contributed by atoms with Gasteiger partial charge in [-0.25, -0.2) is 9.97 Å². The molecule has 0 atom stereocenters. The van der Waals surface area contributed by atoms with Crippen LogP contribution in [-0.4, -0.2) is 25.9 Å². The first-order chi connectivity index (χ1) is 17.5. The number of halogens is 1. The van der Waals surface area contributed by atoms with E-state index in [-0.39, 0.29) is 11.6 Å². The number of ketones is 1. The van der Waals surface area contributed by atoms with Gasteiger partial charge in [-0.2, -0.15) is 0 Å². The Balaban J connectivity index is 1.51. The van der Waals surface area contributed by atoms with E-state index in [4.69, 9.17) is 16.1 Å². The lowest BCUT2D eigenvalue weighted by Crippen LogP contribution is -2.11. The predicted octanol–water partition coefficient (Wildman–Crippen LogP) is 6.38. The Kier molecular flexibility index (Phi) is 6.73. The monoisotopic (exact) mass is 497 g/mol. The van der Waals surface area contributed by atoms with Crippen molar-refractivity contribution in [2.75, 3.05) is 5.32 Å². The molecule has 1 N–H and O–H groups in total. The molecule has 0 spiro atoms. The summed E-state index contributed by atoms with van der Waals surface area (Å²) < 4.78 is 5.36. The molecule has 0 saturated carbocycles. The lowest BCUT2D eigenvalue weighted by Gasteiger charge is -2.12. The third-order valence-electron chi connectivity index (χ3n) is 5.98. The first-order valence-corrected chi connectivity index (χ1v) is 12.0. The largest absolute Gasteiger partial charge is 0.365 e. The minimum Gasteiger partial charge on any atom is -0.365 e. The molecular formula is C28H24ClN5O2. The fraction of sp³-hybridized carbons (Fsp3) is 0.179. The summed E-state index contributed by atoms with van der Waals surface area (Å²) in [5.74, 6) is 1.38. The molecular weight excluding hydrogens is 474 g/mol. The second-order valence-electron chi connectivity index (χ2n) is 8.59. The van der Waals surface area contributed by atoms with Gasteiger partial charge in [0.15, 0.2) is 11.6 Å². The molecule has 7 nitrogen and oxygen atoms in total. The van der Waals surface area contributed by atoms with Gasteiger partial charge in [-0.15, -0.1) is 0 Å². The number of hydrogen-bond donors (Lipinski definition) is 1. The highest BCUT2D eigenvalue weighted by Crippen LogP contribution is 2.32. The minimum atomic E-state index is -0.124.